The van der Waals surface area contributed by atoms with Crippen molar-refractivity contribution >= 4 is 11.7 Å². The van der Waals surface area contributed by atoms with Gasteiger partial charge in [-0.2, -0.15) is 5.10 Å². The number of carbonyl (C=O) groups excluding carboxylic acids is 2. The zero-order chi connectivity index (χ0) is 19.8. The Morgan fingerprint density at radius 2 is 1.79 bits per heavy atom. The van der Waals surface area contributed by atoms with Crippen molar-refractivity contribution in [2.75, 3.05) is 6.61 Å². The van der Waals surface area contributed by atoms with E-state index in [9.17, 15) is 9.59 Å². The zero-order valence-electron chi connectivity index (χ0n) is 15.8. The minimum Gasteiger partial charge on any atom is -0.494 e. The average molecular weight is 377 g/mol. The van der Waals surface area contributed by atoms with E-state index in [2.05, 4.69) is 10.4 Å². The number of rotatable bonds is 9. The molecule has 1 heterocycles. The lowest BCUT2D eigenvalue weighted by Crippen LogP contribution is -2.23. The van der Waals surface area contributed by atoms with Crippen LogP contribution in [0, 0.1) is 0 Å². The third kappa shape index (κ3) is 5.30. The van der Waals surface area contributed by atoms with Crippen molar-refractivity contribution in [2.24, 2.45) is 0 Å². The SMILES string of the molecule is CCOc1ccc(C(=O)CCC(=O)NCc2cnn(-c3ccccc3)c2)cc1. The summed E-state index contributed by atoms with van der Waals surface area (Å²) in [4.78, 5) is 24.3. The lowest BCUT2D eigenvalue weighted by Gasteiger charge is -2.05. The summed E-state index contributed by atoms with van der Waals surface area (Å²) < 4.78 is 7.12. The average Bonchev–Trinajstić information content (AvgIpc) is 3.21. The summed E-state index contributed by atoms with van der Waals surface area (Å²) >= 11 is 0. The molecule has 0 aliphatic rings. The van der Waals surface area contributed by atoms with Crippen molar-refractivity contribution in [1.82, 2.24) is 15.1 Å². The Hall–Kier alpha value is -3.41. The summed E-state index contributed by atoms with van der Waals surface area (Å²) in [5.41, 5.74) is 2.44. The molecule has 0 bridgehead atoms. The molecule has 1 aromatic heterocycles. The second kappa shape index (κ2) is 9.50. The molecule has 0 spiro atoms. The highest BCUT2D eigenvalue weighted by atomic mass is 16.5. The Kier molecular flexibility index (Phi) is 6.57. The minimum absolute atomic E-state index is 0.0601. The van der Waals surface area contributed by atoms with Gasteiger partial charge in [0.05, 0.1) is 18.5 Å². The van der Waals surface area contributed by atoms with Crippen LogP contribution in [0.5, 0.6) is 5.75 Å². The van der Waals surface area contributed by atoms with Gasteiger partial charge in [-0.25, -0.2) is 4.68 Å². The first-order valence-corrected chi connectivity index (χ1v) is 9.27. The maximum Gasteiger partial charge on any atom is 0.220 e. The monoisotopic (exact) mass is 377 g/mol. The molecule has 0 radical (unpaired) electrons. The van der Waals surface area contributed by atoms with Crippen molar-refractivity contribution in [3.8, 4) is 11.4 Å². The molecule has 0 saturated carbocycles. The number of nitrogens with one attached hydrogen (secondary N) is 1. The summed E-state index contributed by atoms with van der Waals surface area (Å²) in [6.07, 6.45) is 3.92. The number of carbonyl (C=O) groups is 2. The van der Waals surface area contributed by atoms with Gasteiger partial charge in [-0.1, -0.05) is 18.2 Å². The molecule has 2 aromatic carbocycles. The summed E-state index contributed by atoms with van der Waals surface area (Å²) in [6, 6.07) is 16.7. The smallest absolute Gasteiger partial charge is 0.220 e. The maximum absolute atomic E-state index is 12.2. The molecule has 6 heteroatoms. The summed E-state index contributed by atoms with van der Waals surface area (Å²) in [5.74, 6) is 0.509. The van der Waals surface area contributed by atoms with Crippen LogP contribution < -0.4 is 10.1 Å². The third-order valence-corrected chi connectivity index (χ3v) is 4.21. The number of aromatic nitrogens is 2. The lowest BCUT2D eigenvalue weighted by molar-refractivity contribution is -0.121. The van der Waals surface area contributed by atoms with Gasteiger partial charge < -0.3 is 10.1 Å². The van der Waals surface area contributed by atoms with Crippen LogP contribution in [0.2, 0.25) is 0 Å². The Balaban J connectivity index is 1.44. The third-order valence-electron chi connectivity index (χ3n) is 4.21. The predicted molar refractivity (Wildman–Crippen MR) is 107 cm³/mol. The number of para-hydroxylation sites is 1. The maximum atomic E-state index is 12.2. The molecule has 1 N–H and O–H groups in total. The molecule has 0 atom stereocenters. The summed E-state index contributed by atoms with van der Waals surface area (Å²) in [6.45, 7) is 2.87. The Bertz CT molecular complexity index is 918. The normalized spacial score (nSPS) is 10.5. The van der Waals surface area contributed by atoms with Crippen LogP contribution in [0.3, 0.4) is 0 Å². The number of Topliss-reactive ketones (excluding diaryl/α,β-unsaturated/α-hetero) is 1. The van der Waals surface area contributed by atoms with E-state index in [-0.39, 0.29) is 24.5 Å². The number of nitrogens with zero attached hydrogens (tertiary/aromatic N) is 2. The molecule has 0 unspecified atom stereocenters. The second-order valence-corrected chi connectivity index (χ2v) is 6.29. The number of amides is 1. The topological polar surface area (TPSA) is 73.2 Å². The van der Waals surface area contributed by atoms with E-state index in [0.29, 0.717) is 18.7 Å². The number of hydrogen-bond donors (Lipinski definition) is 1. The molecule has 6 nitrogen and oxygen atoms in total. The lowest BCUT2D eigenvalue weighted by atomic mass is 10.1. The Morgan fingerprint density at radius 3 is 2.50 bits per heavy atom. The molecule has 3 rings (SSSR count). The first-order valence-electron chi connectivity index (χ1n) is 9.27. The number of hydrogen-bond acceptors (Lipinski definition) is 4. The van der Waals surface area contributed by atoms with Gasteiger partial charge in [-0.3, -0.25) is 9.59 Å². The molecule has 0 saturated heterocycles. The van der Waals surface area contributed by atoms with Gasteiger partial charge >= 0.3 is 0 Å². The largest absolute Gasteiger partial charge is 0.494 e. The van der Waals surface area contributed by atoms with E-state index in [1.165, 1.54) is 0 Å². The van der Waals surface area contributed by atoms with Crippen molar-refractivity contribution < 1.29 is 14.3 Å². The van der Waals surface area contributed by atoms with Gasteiger partial charge in [-0.15, -0.1) is 0 Å². The molecular formula is C22H23N3O3. The molecule has 144 valence electrons. The van der Waals surface area contributed by atoms with Gasteiger partial charge in [0.1, 0.15) is 5.75 Å². The minimum atomic E-state index is -0.160. The molecule has 28 heavy (non-hydrogen) atoms. The summed E-state index contributed by atoms with van der Waals surface area (Å²) in [5, 5.41) is 7.13. The van der Waals surface area contributed by atoms with Gasteiger partial charge in [0.15, 0.2) is 5.78 Å². The van der Waals surface area contributed by atoms with Crippen LogP contribution in [-0.2, 0) is 11.3 Å². The summed E-state index contributed by atoms with van der Waals surface area (Å²) in [7, 11) is 0. The van der Waals surface area contributed by atoms with Crippen molar-refractivity contribution in [3.05, 3.63) is 78.1 Å². The fourth-order valence-corrected chi connectivity index (χ4v) is 2.74. The molecule has 0 aliphatic carbocycles. The van der Waals surface area contributed by atoms with Gasteiger partial charge in [0.25, 0.3) is 0 Å². The fourth-order valence-electron chi connectivity index (χ4n) is 2.74. The van der Waals surface area contributed by atoms with E-state index >= 15 is 0 Å². The van der Waals surface area contributed by atoms with Gasteiger partial charge in [0.2, 0.25) is 5.91 Å². The molecule has 1 amide bonds. The number of benzene rings is 2. The van der Waals surface area contributed by atoms with Crippen LogP contribution in [0.1, 0.15) is 35.7 Å². The Labute approximate surface area is 164 Å². The molecular weight excluding hydrogens is 354 g/mol. The highest BCUT2D eigenvalue weighted by molar-refractivity contribution is 5.98. The van der Waals surface area contributed by atoms with Crippen molar-refractivity contribution in [1.29, 1.82) is 0 Å². The molecule has 0 aliphatic heterocycles. The van der Waals surface area contributed by atoms with Gasteiger partial charge in [0, 0.05) is 36.7 Å². The van der Waals surface area contributed by atoms with E-state index in [0.717, 1.165) is 17.0 Å². The van der Waals surface area contributed by atoms with Gasteiger partial charge in [-0.05, 0) is 43.3 Å². The first kappa shape index (κ1) is 19.4. The zero-order valence-corrected chi connectivity index (χ0v) is 15.8. The van der Waals surface area contributed by atoms with Crippen LogP contribution in [0.4, 0.5) is 0 Å². The van der Waals surface area contributed by atoms with E-state index < -0.39 is 0 Å². The first-order chi connectivity index (χ1) is 13.7. The standard InChI is InChI=1S/C22H23N3O3/c1-2-28-20-10-8-18(9-11-20)21(26)12-13-22(27)23-14-17-15-24-25(16-17)19-6-4-3-5-7-19/h3-11,15-16H,2,12-14H2,1H3,(H,23,27). The molecule has 3 aromatic rings. The second-order valence-electron chi connectivity index (χ2n) is 6.29. The highest BCUT2D eigenvalue weighted by Crippen LogP contribution is 2.14. The Morgan fingerprint density at radius 1 is 1.04 bits per heavy atom. The van der Waals surface area contributed by atoms with E-state index in [1.54, 1.807) is 35.1 Å². The van der Waals surface area contributed by atoms with Crippen molar-refractivity contribution in [3.63, 3.8) is 0 Å². The van der Waals surface area contributed by atoms with E-state index in [4.69, 9.17) is 4.74 Å². The molecule has 0 fully saturated rings. The van der Waals surface area contributed by atoms with Crippen LogP contribution in [-0.4, -0.2) is 28.1 Å². The van der Waals surface area contributed by atoms with Crippen LogP contribution in [0.25, 0.3) is 5.69 Å². The number of ether oxygens (including phenoxy) is 1. The number of ketones is 1. The fraction of sp³-hybridized carbons (Fsp3) is 0.227. The highest BCUT2D eigenvalue weighted by Gasteiger charge is 2.10. The van der Waals surface area contributed by atoms with Crippen LogP contribution in [0.15, 0.2) is 67.0 Å². The predicted octanol–water partition coefficient (Wildman–Crippen LogP) is 3.55. The van der Waals surface area contributed by atoms with E-state index in [1.807, 2.05) is 43.5 Å². The van der Waals surface area contributed by atoms with Crippen LogP contribution >= 0.6 is 0 Å². The quantitative estimate of drug-likeness (QED) is 0.579. The van der Waals surface area contributed by atoms with Crippen molar-refractivity contribution in [2.45, 2.75) is 26.3 Å².